The summed E-state index contributed by atoms with van der Waals surface area (Å²) in [6.07, 6.45) is 4.04. The minimum atomic E-state index is 0.416. The van der Waals surface area contributed by atoms with Gasteiger partial charge in [0.2, 0.25) is 0 Å². The van der Waals surface area contributed by atoms with Crippen molar-refractivity contribution < 1.29 is 9.47 Å². The molecule has 7 heteroatoms. The second-order valence-electron chi connectivity index (χ2n) is 6.42. The van der Waals surface area contributed by atoms with Crippen LogP contribution >= 0.6 is 11.8 Å². The number of ether oxygens (including phenoxy) is 2. The number of amidine groups is 1. The third-order valence-corrected chi connectivity index (χ3v) is 5.42. The van der Waals surface area contributed by atoms with E-state index in [1.807, 2.05) is 30.3 Å². The molecule has 1 heterocycles. The summed E-state index contributed by atoms with van der Waals surface area (Å²) < 4.78 is 11.1. The highest BCUT2D eigenvalue weighted by Gasteiger charge is 2.19. The number of methoxy groups -OCH3 is 2. The molecule has 0 bridgehead atoms. The van der Waals surface area contributed by atoms with Crippen LogP contribution in [0.4, 0.5) is 5.69 Å². The molecule has 0 spiro atoms. The van der Waals surface area contributed by atoms with E-state index >= 15 is 0 Å². The van der Waals surface area contributed by atoms with E-state index in [9.17, 15) is 0 Å². The minimum absolute atomic E-state index is 0.416. The van der Waals surface area contributed by atoms with Crippen LogP contribution in [0.3, 0.4) is 0 Å². The highest BCUT2D eigenvalue weighted by molar-refractivity contribution is 8.13. The molecule has 1 aliphatic heterocycles. The fraction of sp³-hybridized carbons (Fsp3) is 0.333. The molecule has 6 nitrogen and oxygen atoms in total. The number of rotatable bonds is 7. The normalized spacial score (nSPS) is 14.6. The number of hydrogen-bond donors (Lipinski definition) is 1. The SMILES string of the molecule is COc1cc(N2CCCC2)c(OC)cc1C=NN=C(N)SCc1ccccc1. The first-order chi connectivity index (χ1) is 13.7. The third-order valence-electron chi connectivity index (χ3n) is 4.56. The van der Waals surface area contributed by atoms with Crippen LogP contribution in [0, 0.1) is 0 Å². The number of nitrogens with zero attached hydrogens (tertiary/aromatic N) is 3. The maximum atomic E-state index is 5.96. The predicted molar refractivity (Wildman–Crippen MR) is 118 cm³/mol. The first kappa shape index (κ1) is 20.1. The summed E-state index contributed by atoms with van der Waals surface area (Å²) in [6, 6.07) is 14.1. The molecule has 0 amide bonds. The summed E-state index contributed by atoms with van der Waals surface area (Å²) in [4.78, 5) is 2.32. The monoisotopic (exact) mass is 398 g/mol. The Balaban J connectivity index is 1.71. The van der Waals surface area contributed by atoms with Gasteiger partial charge in [0.05, 0.1) is 26.1 Å². The smallest absolute Gasteiger partial charge is 0.180 e. The van der Waals surface area contributed by atoms with Gasteiger partial charge in [-0.05, 0) is 24.5 Å². The lowest BCUT2D eigenvalue weighted by Gasteiger charge is -2.22. The maximum absolute atomic E-state index is 5.96. The van der Waals surface area contributed by atoms with Gasteiger partial charge in [0.15, 0.2) is 5.17 Å². The third kappa shape index (κ3) is 5.19. The van der Waals surface area contributed by atoms with Gasteiger partial charge in [-0.15, -0.1) is 5.10 Å². The van der Waals surface area contributed by atoms with Crippen molar-refractivity contribution in [3.05, 3.63) is 53.6 Å². The van der Waals surface area contributed by atoms with E-state index in [-0.39, 0.29) is 0 Å². The lowest BCUT2D eigenvalue weighted by molar-refractivity contribution is 0.402. The van der Waals surface area contributed by atoms with Crippen molar-refractivity contribution in [2.24, 2.45) is 15.9 Å². The topological polar surface area (TPSA) is 72.4 Å². The largest absolute Gasteiger partial charge is 0.496 e. The summed E-state index contributed by atoms with van der Waals surface area (Å²) in [5, 5.41) is 8.63. The second-order valence-corrected chi connectivity index (χ2v) is 7.41. The van der Waals surface area contributed by atoms with Crippen molar-refractivity contribution in [2.75, 3.05) is 32.2 Å². The van der Waals surface area contributed by atoms with Gasteiger partial charge in [0.25, 0.3) is 0 Å². The van der Waals surface area contributed by atoms with Crippen molar-refractivity contribution >= 4 is 28.8 Å². The van der Waals surface area contributed by atoms with Crippen molar-refractivity contribution in [3.63, 3.8) is 0 Å². The van der Waals surface area contributed by atoms with E-state index in [0.717, 1.165) is 41.6 Å². The van der Waals surface area contributed by atoms with Crippen molar-refractivity contribution in [1.82, 2.24) is 0 Å². The van der Waals surface area contributed by atoms with Crippen LogP contribution in [0.2, 0.25) is 0 Å². The van der Waals surface area contributed by atoms with Gasteiger partial charge in [-0.2, -0.15) is 5.10 Å². The highest BCUT2D eigenvalue weighted by atomic mass is 32.2. The number of anilines is 1. The van der Waals surface area contributed by atoms with E-state index in [0.29, 0.717) is 5.17 Å². The molecule has 148 valence electrons. The Hall–Kier alpha value is -2.67. The minimum Gasteiger partial charge on any atom is -0.496 e. The molecule has 3 rings (SSSR count). The molecule has 1 fully saturated rings. The Bertz CT molecular complexity index is 834. The first-order valence-electron chi connectivity index (χ1n) is 9.25. The molecular formula is C21H26N4O2S. The summed E-state index contributed by atoms with van der Waals surface area (Å²) in [5.41, 5.74) is 9.00. The summed E-state index contributed by atoms with van der Waals surface area (Å²) in [6.45, 7) is 2.07. The first-order valence-corrected chi connectivity index (χ1v) is 10.2. The molecule has 2 aromatic carbocycles. The fourth-order valence-electron chi connectivity index (χ4n) is 3.12. The number of benzene rings is 2. The highest BCUT2D eigenvalue weighted by Crippen LogP contribution is 2.36. The van der Waals surface area contributed by atoms with Gasteiger partial charge in [-0.1, -0.05) is 42.1 Å². The van der Waals surface area contributed by atoms with E-state index in [1.165, 1.54) is 30.2 Å². The van der Waals surface area contributed by atoms with Gasteiger partial charge in [0, 0.05) is 30.5 Å². The van der Waals surface area contributed by atoms with Crippen LogP contribution in [-0.4, -0.2) is 38.7 Å². The van der Waals surface area contributed by atoms with Crippen molar-refractivity contribution in [2.45, 2.75) is 18.6 Å². The van der Waals surface area contributed by atoms with Crippen LogP contribution in [0.1, 0.15) is 24.0 Å². The molecule has 0 atom stereocenters. The Kier molecular flexibility index (Phi) is 7.19. The molecule has 0 aromatic heterocycles. The molecule has 0 saturated carbocycles. The zero-order valence-electron chi connectivity index (χ0n) is 16.3. The quantitative estimate of drug-likeness (QED) is 0.435. The molecule has 2 N–H and O–H groups in total. The lowest BCUT2D eigenvalue weighted by atomic mass is 10.1. The Morgan fingerprint density at radius 2 is 1.82 bits per heavy atom. The maximum Gasteiger partial charge on any atom is 0.180 e. The average Bonchev–Trinajstić information content (AvgIpc) is 3.27. The summed E-state index contributed by atoms with van der Waals surface area (Å²) >= 11 is 1.45. The molecule has 1 saturated heterocycles. The Morgan fingerprint density at radius 1 is 1.11 bits per heavy atom. The van der Waals surface area contributed by atoms with Gasteiger partial charge < -0.3 is 20.1 Å². The summed E-state index contributed by atoms with van der Waals surface area (Å²) in [5.74, 6) is 2.30. The summed E-state index contributed by atoms with van der Waals surface area (Å²) in [7, 11) is 3.33. The van der Waals surface area contributed by atoms with E-state index in [2.05, 4.69) is 27.2 Å². The van der Waals surface area contributed by atoms with E-state index in [4.69, 9.17) is 15.2 Å². The Labute approximate surface area is 170 Å². The molecular weight excluding hydrogens is 372 g/mol. The zero-order valence-corrected chi connectivity index (χ0v) is 17.1. The standard InChI is InChI=1S/C21H26N4O2S/c1-26-19-13-18(25-10-6-7-11-25)20(27-2)12-17(19)14-23-24-21(22)28-15-16-8-4-3-5-9-16/h3-5,8-9,12-14H,6-7,10-11,15H2,1-2H3,(H2,22,24). The van der Waals surface area contributed by atoms with Crippen molar-refractivity contribution in [3.8, 4) is 11.5 Å². The molecule has 0 aliphatic carbocycles. The van der Waals surface area contributed by atoms with Crippen molar-refractivity contribution in [1.29, 1.82) is 0 Å². The molecule has 0 radical (unpaired) electrons. The van der Waals surface area contributed by atoms with Crippen LogP contribution < -0.4 is 20.1 Å². The van der Waals surface area contributed by atoms with Gasteiger partial charge >= 0.3 is 0 Å². The zero-order chi connectivity index (χ0) is 19.8. The molecule has 28 heavy (non-hydrogen) atoms. The second kappa shape index (κ2) is 10.0. The fourth-order valence-corrected chi connectivity index (χ4v) is 3.73. The number of hydrogen-bond acceptors (Lipinski definition) is 6. The lowest BCUT2D eigenvalue weighted by Crippen LogP contribution is -2.18. The van der Waals surface area contributed by atoms with Crippen LogP contribution in [0.15, 0.2) is 52.7 Å². The molecule has 2 aromatic rings. The molecule has 1 aliphatic rings. The van der Waals surface area contributed by atoms with Gasteiger partial charge in [0.1, 0.15) is 11.5 Å². The average molecular weight is 399 g/mol. The van der Waals surface area contributed by atoms with E-state index in [1.54, 1.807) is 20.4 Å². The predicted octanol–water partition coefficient (Wildman–Crippen LogP) is 3.89. The van der Waals surface area contributed by atoms with Gasteiger partial charge in [-0.25, -0.2) is 0 Å². The Morgan fingerprint density at radius 3 is 2.50 bits per heavy atom. The van der Waals surface area contributed by atoms with Gasteiger partial charge in [-0.3, -0.25) is 0 Å². The molecule has 0 unspecified atom stereocenters. The van der Waals surface area contributed by atoms with Crippen LogP contribution in [0.5, 0.6) is 11.5 Å². The number of thioether (sulfide) groups is 1. The van der Waals surface area contributed by atoms with Crippen LogP contribution in [-0.2, 0) is 5.75 Å². The van der Waals surface area contributed by atoms with Crippen LogP contribution in [0.25, 0.3) is 0 Å². The number of nitrogens with two attached hydrogens (primary N) is 1. The van der Waals surface area contributed by atoms with E-state index < -0.39 is 0 Å².